The van der Waals surface area contributed by atoms with Crippen LogP contribution in [0.5, 0.6) is 0 Å². The largest absolute Gasteiger partial charge is 0.284 e. The number of hydrogen-bond acceptors (Lipinski definition) is 4. The van der Waals surface area contributed by atoms with E-state index in [1.165, 1.54) is 29.5 Å². The van der Waals surface area contributed by atoms with E-state index in [-0.39, 0.29) is 17.0 Å². The fourth-order valence-electron chi connectivity index (χ4n) is 2.38. The Morgan fingerprint density at radius 1 is 1.16 bits per heavy atom. The molecule has 0 aromatic heterocycles. The van der Waals surface area contributed by atoms with Gasteiger partial charge in [0.15, 0.2) is 5.17 Å². The molecule has 25 heavy (non-hydrogen) atoms. The predicted molar refractivity (Wildman–Crippen MR) is 100 cm³/mol. The number of benzene rings is 2. The maximum absolute atomic E-state index is 13.0. The Kier molecular flexibility index (Phi) is 5.28. The average Bonchev–Trinajstić information content (AvgIpc) is 2.86. The molecule has 4 nitrogen and oxygen atoms in total. The van der Waals surface area contributed by atoms with Gasteiger partial charge in [0.25, 0.3) is 0 Å². The van der Waals surface area contributed by atoms with E-state index in [0.717, 1.165) is 11.1 Å². The summed E-state index contributed by atoms with van der Waals surface area (Å²) < 4.78 is 13.0. The first-order chi connectivity index (χ1) is 12.0. The van der Waals surface area contributed by atoms with Crippen LogP contribution >= 0.6 is 11.8 Å². The summed E-state index contributed by atoms with van der Waals surface area (Å²) in [6, 6.07) is 14.1. The molecule has 2 aromatic rings. The van der Waals surface area contributed by atoms with Gasteiger partial charge in [-0.05, 0) is 37.1 Å². The van der Waals surface area contributed by atoms with E-state index in [0.29, 0.717) is 11.7 Å². The lowest BCUT2D eigenvalue weighted by molar-refractivity contribution is -0.126. The summed E-state index contributed by atoms with van der Waals surface area (Å²) in [7, 11) is 0. The highest BCUT2D eigenvalue weighted by Gasteiger charge is 2.35. The number of amides is 1. The van der Waals surface area contributed by atoms with Crippen molar-refractivity contribution in [1.82, 2.24) is 4.90 Å². The van der Waals surface area contributed by atoms with Gasteiger partial charge in [0, 0.05) is 0 Å². The molecule has 6 heteroatoms. The lowest BCUT2D eigenvalue weighted by atomic mass is 10.2. The van der Waals surface area contributed by atoms with Crippen molar-refractivity contribution >= 4 is 29.1 Å². The van der Waals surface area contributed by atoms with Crippen molar-refractivity contribution in [3.63, 3.8) is 0 Å². The highest BCUT2D eigenvalue weighted by Crippen LogP contribution is 2.28. The molecule has 1 saturated heterocycles. The first-order valence-electron chi connectivity index (χ1n) is 7.93. The second kappa shape index (κ2) is 7.61. The first-order valence-corrected chi connectivity index (χ1v) is 8.81. The third kappa shape index (κ3) is 4.33. The van der Waals surface area contributed by atoms with E-state index >= 15 is 0 Å². The Hall–Kier alpha value is -2.47. The lowest BCUT2D eigenvalue weighted by Gasteiger charge is -2.15. The smallest absolute Gasteiger partial charge is 0.242 e. The summed E-state index contributed by atoms with van der Waals surface area (Å²) in [6.07, 6.45) is 1.66. The molecular weight excluding hydrogens is 337 g/mol. The second-order valence-corrected chi connectivity index (χ2v) is 7.16. The molecule has 1 heterocycles. The Morgan fingerprint density at radius 2 is 1.84 bits per heavy atom. The number of carbonyl (C=O) groups is 1. The molecule has 128 valence electrons. The number of amidine groups is 1. The number of aryl methyl sites for hydroxylation is 1. The van der Waals surface area contributed by atoms with Crippen LogP contribution in [0, 0.1) is 12.7 Å². The molecule has 0 spiro atoms. The van der Waals surface area contributed by atoms with Crippen molar-refractivity contribution in [2.45, 2.75) is 25.6 Å². The quantitative estimate of drug-likeness (QED) is 0.615. The third-order valence-electron chi connectivity index (χ3n) is 3.81. The Balaban J connectivity index is 1.76. The molecule has 1 atom stereocenters. The van der Waals surface area contributed by atoms with Gasteiger partial charge < -0.3 is 0 Å². The van der Waals surface area contributed by atoms with Gasteiger partial charge in [-0.3, -0.25) is 9.69 Å². The summed E-state index contributed by atoms with van der Waals surface area (Å²) in [4.78, 5) is 13.9. The molecule has 0 aliphatic carbocycles. The number of thioether (sulfide) groups is 1. The minimum Gasteiger partial charge on any atom is -0.284 e. The molecule has 0 saturated carbocycles. The lowest BCUT2D eigenvalue weighted by Crippen LogP contribution is -2.30. The van der Waals surface area contributed by atoms with Crippen molar-refractivity contribution in [3.8, 4) is 0 Å². The van der Waals surface area contributed by atoms with Crippen LogP contribution in [0.25, 0.3) is 0 Å². The molecule has 1 fully saturated rings. The minimum absolute atomic E-state index is 0.0152. The Labute approximate surface area is 150 Å². The van der Waals surface area contributed by atoms with Crippen LogP contribution in [0.15, 0.2) is 58.7 Å². The predicted octanol–water partition coefficient (Wildman–Crippen LogP) is 3.99. The fourth-order valence-corrected chi connectivity index (χ4v) is 3.30. The average molecular weight is 355 g/mol. The molecule has 0 unspecified atom stereocenters. The van der Waals surface area contributed by atoms with Crippen molar-refractivity contribution in [3.05, 3.63) is 71.0 Å². The normalized spacial score (nSPS) is 19.3. The summed E-state index contributed by atoms with van der Waals surface area (Å²) >= 11 is 1.38. The fraction of sp³-hybridized carbons (Fsp3) is 0.211. The van der Waals surface area contributed by atoms with Crippen LogP contribution in [-0.2, 0) is 11.3 Å². The van der Waals surface area contributed by atoms with Gasteiger partial charge in [-0.2, -0.15) is 5.10 Å². The van der Waals surface area contributed by atoms with Crippen LogP contribution in [0.2, 0.25) is 0 Å². The van der Waals surface area contributed by atoms with E-state index in [4.69, 9.17) is 0 Å². The molecule has 1 amide bonds. The van der Waals surface area contributed by atoms with Crippen molar-refractivity contribution < 1.29 is 9.18 Å². The van der Waals surface area contributed by atoms with Gasteiger partial charge in [0.1, 0.15) is 5.82 Å². The number of nitrogens with zero attached hydrogens (tertiary/aromatic N) is 3. The Bertz CT molecular complexity index is 816. The zero-order chi connectivity index (χ0) is 17.8. The summed E-state index contributed by atoms with van der Waals surface area (Å²) in [5, 5.41) is 8.69. The Morgan fingerprint density at radius 3 is 2.52 bits per heavy atom. The molecule has 1 aliphatic rings. The highest BCUT2D eigenvalue weighted by molar-refractivity contribution is 8.15. The topological polar surface area (TPSA) is 45.0 Å². The van der Waals surface area contributed by atoms with Crippen molar-refractivity contribution in [2.75, 3.05) is 0 Å². The van der Waals surface area contributed by atoms with E-state index in [9.17, 15) is 9.18 Å². The van der Waals surface area contributed by atoms with Crippen LogP contribution in [0.3, 0.4) is 0 Å². The monoisotopic (exact) mass is 355 g/mol. The van der Waals surface area contributed by atoms with Crippen LogP contribution in [-0.4, -0.2) is 27.4 Å². The van der Waals surface area contributed by atoms with Crippen molar-refractivity contribution in [1.29, 1.82) is 0 Å². The molecule has 0 bridgehead atoms. The van der Waals surface area contributed by atoms with Gasteiger partial charge in [-0.15, -0.1) is 5.10 Å². The van der Waals surface area contributed by atoms with Crippen LogP contribution in [0.1, 0.15) is 23.6 Å². The van der Waals surface area contributed by atoms with Gasteiger partial charge in [0.2, 0.25) is 5.91 Å². The number of rotatable bonds is 4. The highest BCUT2D eigenvalue weighted by atomic mass is 32.2. The van der Waals surface area contributed by atoms with Crippen LogP contribution in [0.4, 0.5) is 4.39 Å². The van der Waals surface area contributed by atoms with E-state index in [1.807, 2.05) is 38.1 Å². The summed E-state index contributed by atoms with van der Waals surface area (Å²) in [5.74, 6) is -0.311. The maximum Gasteiger partial charge on any atom is 0.242 e. The molecule has 3 rings (SSSR count). The molecule has 0 N–H and O–H groups in total. The molecule has 2 aromatic carbocycles. The standard InChI is InChI=1S/C19H18FN3OS/c1-13-3-5-15(6-4-13)11-21-22-19-23(18(24)14(2)25-19)12-16-7-9-17(20)10-8-16/h3-11,14H,12H2,1-2H3/b21-11-,22-19-/t14-/m1/s1. The van der Waals surface area contributed by atoms with Gasteiger partial charge in [-0.1, -0.05) is 53.7 Å². The summed E-state index contributed by atoms with van der Waals surface area (Å²) in [5.41, 5.74) is 2.97. The van der Waals surface area contributed by atoms with Gasteiger partial charge in [-0.25, -0.2) is 4.39 Å². The van der Waals surface area contributed by atoms with Crippen molar-refractivity contribution in [2.24, 2.45) is 10.2 Å². The van der Waals surface area contributed by atoms with Gasteiger partial charge >= 0.3 is 0 Å². The van der Waals surface area contributed by atoms with E-state index in [2.05, 4.69) is 10.2 Å². The molecule has 1 aliphatic heterocycles. The minimum atomic E-state index is -0.296. The number of carbonyl (C=O) groups excluding carboxylic acids is 1. The SMILES string of the molecule is Cc1ccc(/C=N\N=C2/S[C@H](C)C(=O)N2Cc2ccc(F)cc2)cc1. The molecular formula is C19H18FN3OS. The zero-order valence-electron chi connectivity index (χ0n) is 14.0. The summed E-state index contributed by atoms with van der Waals surface area (Å²) in [6.45, 7) is 4.23. The van der Waals surface area contributed by atoms with E-state index < -0.39 is 0 Å². The molecule has 0 radical (unpaired) electrons. The number of halogens is 1. The first kappa shape index (κ1) is 17.4. The van der Waals surface area contributed by atoms with Gasteiger partial charge in [0.05, 0.1) is 18.0 Å². The van der Waals surface area contributed by atoms with Crippen LogP contribution < -0.4 is 0 Å². The second-order valence-electron chi connectivity index (χ2n) is 5.85. The maximum atomic E-state index is 13.0. The third-order valence-corrected chi connectivity index (χ3v) is 4.88. The van der Waals surface area contributed by atoms with E-state index in [1.54, 1.807) is 23.2 Å². The number of hydrogen-bond donors (Lipinski definition) is 0. The zero-order valence-corrected chi connectivity index (χ0v) is 14.8.